The number of aliphatic hydroxyl groups excluding tert-OH is 1. The van der Waals surface area contributed by atoms with Crippen molar-refractivity contribution in [2.45, 2.75) is 60.0 Å². The number of hydrogen-bond donors (Lipinski definition) is 1. The van der Waals surface area contributed by atoms with Gasteiger partial charge in [0.2, 0.25) is 0 Å². The normalized spacial score (nSPS) is 12.8. The number of nitrogens with zero attached hydrogens (tertiary/aromatic N) is 3. The molecule has 6 heteroatoms. The van der Waals surface area contributed by atoms with Crippen LogP contribution < -0.4 is 0 Å². The number of ether oxygens (including phenoxy) is 1. The first kappa shape index (κ1) is 22.2. The largest absolute Gasteiger partial charge is 0.442 e. The lowest BCUT2D eigenvalue weighted by Crippen LogP contribution is -2.49. The molecule has 0 aromatic rings. The average molecular weight is 339 g/mol. The van der Waals surface area contributed by atoms with Crippen LogP contribution in [0.1, 0.15) is 54.4 Å². The molecule has 0 fully saturated rings. The molecule has 0 aliphatic heterocycles. The predicted molar refractivity (Wildman–Crippen MR) is 98.7 cm³/mol. The molecule has 1 amide bonds. The zero-order chi connectivity index (χ0) is 18.9. The zero-order valence-corrected chi connectivity index (χ0v) is 16.2. The number of amides is 1. The van der Waals surface area contributed by atoms with Crippen LogP contribution in [0, 0.1) is 0 Å². The van der Waals surface area contributed by atoms with Gasteiger partial charge in [0, 0.05) is 20.2 Å². The van der Waals surface area contributed by atoms with Gasteiger partial charge in [-0.1, -0.05) is 19.6 Å². The van der Waals surface area contributed by atoms with E-state index in [0.717, 1.165) is 12.0 Å². The van der Waals surface area contributed by atoms with E-state index in [1.54, 1.807) is 19.0 Å². The molecule has 0 aliphatic carbocycles. The van der Waals surface area contributed by atoms with Gasteiger partial charge < -0.3 is 9.84 Å². The van der Waals surface area contributed by atoms with Crippen molar-refractivity contribution in [2.24, 2.45) is 4.99 Å². The van der Waals surface area contributed by atoms with Gasteiger partial charge in [-0.25, -0.2) is 14.8 Å². The van der Waals surface area contributed by atoms with Gasteiger partial charge in [0.1, 0.15) is 11.4 Å². The maximum Gasteiger partial charge on any atom is 0.429 e. The molecule has 0 aliphatic rings. The van der Waals surface area contributed by atoms with E-state index in [2.05, 4.69) is 24.6 Å². The first-order valence-electron chi connectivity index (χ1n) is 8.29. The molecule has 0 aromatic carbocycles. The first-order valence-corrected chi connectivity index (χ1v) is 8.29. The van der Waals surface area contributed by atoms with Crippen molar-refractivity contribution in [3.63, 3.8) is 0 Å². The number of aliphatic imine (C=N–C) groups is 1. The molecule has 0 bridgehead atoms. The van der Waals surface area contributed by atoms with Crippen molar-refractivity contribution in [2.75, 3.05) is 20.2 Å². The van der Waals surface area contributed by atoms with Crippen LogP contribution in [0.25, 0.3) is 0 Å². The second-order valence-electron chi connectivity index (χ2n) is 6.61. The third kappa shape index (κ3) is 8.15. The number of carbonyl (C=O) groups is 1. The summed E-state index contributed by atoms with van der Waals surface area (Å²) in [6.45, 7) is 15.6. The summed E-state index contributed by atoms with van der Waals surface area (Å²) in [7, 11) is 1.74. The van der Waals surface area contributed by atoms with E-state index in [0.29, 0.717) is 24.5 Å². The summed E-state index contributed by atoms with van der Waals surface area (Å²) in [5.41, 5.74) is 1.07. The fourth-order valence-electron chi connectivity index (χ4n) is 1.85. The highest BCUT2D eigenvalue weighted by Crippen LogP contribution is 2.14. The Kier molecular flexibility index (Phi) is 9.36. The van der Waals surface area contributed by atoms with E-state index < -0.39 is 11.7 Å². The topological polar surface area (TPSA) is 65.4 Å². The first-order chi connectivity index (χ1) is 11.0. The third-order valence-electron chi connectivity index (χ3n) is 3.23. The molecule has 0 saturated carbocycles. The Morgan fingerprint density at radius 2 is 1.92 bits per heavy atom. The van der Waals surface area contributed by atoms with E-state index in [-0.39, 0.29) is 6.61 Å². The highest BCUT2D eigenvalue weighted by Gasteiger charge is 2.25. The van der Waals surface area contributed by atoms with Crippen molar-refractivity contribution in [3.8, 4) is 0 Å². The summed E-state index contributed by atoms with van der Waals surface area (Å²) in [5.74, 6) is 0.618. The average Bonchev–Trinajstić information content (AvgIpc) is 2.45. The number of rotatable bonds is 6. The molecule has 0 radical (unpaired) electrons. The number of allylic oxidation sites excluding steroid dienone is 2. The van der Waals surface area contributed by atoms with Gasteiger partial charge in [0.25, 0.3) is 0 Å². The van der Waals surface area contributed by atoms with E-state index in [4.69, 9.17) is 9.84 Å². The SMILES string of the molecule is C=C(N=C(C)N(C)N(CCCO)C(=O)OC(C)(C)C)/C(C)=C/CC. The summed E-state index contributed by atoms with van der Waals surface area (Å²) in [6.07, 6.45) is 2.94. The van der Waals surface area contributed by atoms with E-state index >= 15 is 0 Å². The minimum atomic E-state index is -0.593. The summed E-state index contributed by atoms with van der Waals surface area (Å²) < 4.78 is 5.43. The molecular formula is C18H33N3O3. The monoisotopic (exact) mass is 339 g/mol. The van der Waals surface area contributed by atoms with Crippen LogP contribution in [0.4, 0.5) is 4.79 Å². The second-order valence-corrected chi connectivity index (χ2v) is 6.61. The van der Waals surface area contributed by atoms with E-state index in [9.17, 15) is 4.79 Å². The molecule has 0 heterocycles. The maximum atomic E-state index is 12.4. The lowest BCUT2D eigenvalue weighted by molar-refractivity contribution is -0.0149. The van der Waals surface area contributed by atoms with Gasteiger partial charge in [0.15, 0.2) is 0 Å². The van der Waals surface area contributed by atoms with Gasteiger partial charge in [-0.3, -0.25) is 5.01 Å². The van der Waals surface area contributed by atoms with E-state index in [1.807, 2.05) is 27.7 Å². The van der Waals surface area contributed by atoms with Crippen molar-refractivity contribution >= 4 is 11.9 Å². The predicted octanol–water partition coefficient (Wildman–Crippen LogP) is 3.74. The van der Waals surface area contributed by atoms with Crippen LogP contribution in [0.2, 0.25) is 0 Å². The Hall–Kier alpha value is -1.82. The van der Waals surface area contributed by atoms with Crippen LogP contribution in [0.3, 0.4) is 0 Å². The Morgan fingerprint density at radius 1 is 1.33 bits per heavy atom. The van der Waals surface area contributed by atoms with Crippen LogP contribution in [-0.2, 0) is 4.74 Å². The molecule has 0 aromatic heterocycles. The van der Waals surface area contributed by atoms with Crippen LogP contribution in [0.5, 0.6) is 0 Å². The molecule has 24 heavy (non-hydrogen) atoms. The highest BCUT2D eigenvalue weighted by molar-refractivity contribution is 5.83. The molecule has 0 spiro atoms. The summed E-state index contributed by atoms with van der Waals surface area (Å²) in [6, 6.07) is 0. The van der Waals surface area contributed by atoms with Gasteiger partial charge in [-0.2, -0.15) is 0 Å². The van der Waals surface area contributed by atoms with Gasteiger partial charge in [-0.15, -0.1) is 0 Å². The smallest absolute Gasteiger partial charge is 0.429 e. The number of aliphatic hydroxyl groups is 1. The van der Waals surface area contributed by atoms with Gasteiger partial charge in [-0.05, 0) is 53.0 Å². The summed E-state index contributed by atoms with van der Waals surface area (Å²) >= 11 is 0. The van der Waals surface area contributed by atoms with Crippen LogP contribution in [-0.4, -0.2) is 52.9 Å². The molecule has 0 saturated heterocycles. The highest BCUT2D eigenvalue weighted by atomic mass is 16.6. The van der Waals surface area contributed by atoms with Crippen molar-refractivity contribution < 1.29 is 14.6 Å². The minimum absolute atomic E-state index is 0.00557. The van der Waals surface area contributed by atoms with Gasteiger partial charge in [0.05, 0.1) is 5.70 Å². The summed E-state index contributed by atoms with van der Waals surface area (Å²) in [5, 5.41) is 12.1. The fraction of sp³-hybridized carbons (Fsp3) is 0.667. The minimum Gasteiger partial charge on any atom is -0.442 e. The summed E-state index contributed by atoms with van der Waals surface area (Å²) in [4.78, 5) is 16.9. The standard InChI is InChI=1S/C18H33N3O3/c1-9-11-14(2)15(3)19-16(4)20(8)21(12-10-13-22)17(23)24-18(5,6)7/h11,22H,3,9-10,12-13H2,1-2,4-8H3/b14-11+,19-16?. The number of carbonyl (C=O) groups excluding carboxylic acids is 1. The molecule has 0 unspecified atom stereocenters. The molecular weight excluding hydrogens is 306 g/mol. The Labute approximate surface area is 146 Å². The Balaban J connectivity index is 5.28. The number of amidine groups is 1. The van der Waals surface area contributed by atoms with Crippen LogP contribution in [0.15, 0.2) is 28.9 Å². The lowest BCUT2D eigenvalue weighted by atomic mass is 10.2. The fourth-order valence-corrected chi connectivity index (χ4v) is 1.85. The number of hydrazine groups is 1. The number of hydrogen-bond acceptors (Lipinski definition) is 4. The Morgan fingerprint density at radius 3 is 2.38 bits per heavy atom. The third-order valence-corrected chi connectivity index (χ3v) is 3.23. The molecule has 138 valence electrons. The molecule has 0 rings (SSSR count). The maximum absolute atomic E-state index is 12.4. The quantitative estimate of drug-likeness (QED) is 0.346. The molecule has 6 nitrogen and oxygen atoms in total. The molecule has 1 N–H and O–H groups in total. The van der Waals surface area contributed by atoms with Crippen molar-refractivity contribution in [3.05, 3.63) is 23.9 Å². The van der Waals surface area contributed by atoms with E-state index in [1.165, 1.54) is 5.01 Å². The Bertz CT molecular complexity index is 490. The van der Waals surface area contributed by atoms with Crippen LogP contribution >= 0.6 is 0 Å². The molecule has 0 atom stereocenters. The zero-order valence-electron chi connectivity index (χ0n) is 16.2. The van der Waals surface area contributed by atoms with Crippen molar-refractivity contribution in [1.29, 1.82) is 0 Å². The van der Waals surface area contributed by atoms with Gasteiger partial charge >= 0.3 is 6.09 Å². The second kappa shape index (κ2) is 10.1. The lowest BCUT2D eigenvalue weighted by Gasteiger charge is -2.34. The van der Waals surface area contributed by atoms with Crippen molar-refractivity contribution in [1.82, 2.24) is 10.0 Å².